The van der Waals surface area contributed by atoms with Gasteiger partial charge in [0.1, 0.15) is 6.67 Å². The fourth-order valence-corrected chi connectivity index (χ4v) is 2.72. The number of anilines is 1. The van der Waals surface area contributed by atoms with Gasteiger partial charge in [-0.1, -0.05) is 12.1 Å². The molecule has 0 aromatic heterocycles. The molecule has 1 aliphatic rings. The Hall–Kier alpha value is -1.17. The van der Waals surface area contributed by atoms with Crippen LogP contribution < -0.4 is 10.2 Å². The Labute approximate surface area is 126 Å². The van der Waals surface area contributed by atoms with Crippen LogP contribution in [0.4, 0.5) is 10.1 Å². The van der Waals surface area contributed by atoms with Crippen LogP contribution in [-0.4, -0.2) is 53.2 Å². The third-order valence-electron chi connectivity index (χ3n) is 3.97. The standard InChI is InChI=1S/C16H25FN2O2/c1-18-15(12-17)16(20-2)13-4-6-14(7-5-13)19-8-3-10-21-11-9-19/h4-7,15-16,18H,3,8-12H2,1-2H3. The van der Waals surface area contributed by atoms with Gasteiger partial charge >= 0.3 is 0 Å². The highest BCUT2D eigenvalue weighted by molar-refractivity contribution is 5.48. The number of halogens is 1. The van der Waals surface area contributed by atoms with Crippen LogP contribution >= 0.6 is 0 Å². The summed E-state index contributed by atoms with van der Waals surface area (Å²) in [5, 5.41) is 2.96. The van der Waals surface area contributed by atoms with Gasteiger partial charge in [0, 0.05) is 32.5 Å². The summed E-state index contributed by atoms with van der Waals surface area (Å²) in [6.07, 6.45) is 0.771. The summed E-state index contributed by atoms with van der Waals surface area (Å²) < 4.78 is 24.0. The van der Waals surface area contributed by atoms with Crippen LogP contribution in [0.25, 0.3) is 0 Å². The Morgan fingerprint density at radius 2 is 2.05 bits per heavy atom. The maximum Gasteiger partial charge on any atom is 0.108 e. The lowest BCUT2D eigenvalue weighted by Crippen LogP contribution is -2.35. The van der Waals surface area contributed by atoms with Crippen LogP contribution in [-0.2, 0) is 9.47 Å². The van der Waals surface area contributed by atoms with Gasteiger partial charge in [-0.05, 0) is 31.2 Å². The van der Waals surface area contributed by atoms with Crippen molar-refractivity contribution in [3.63, 3.8) is 0 Å². The molecule has 5 heteroatoms. The van der Waals surface area contributed by atoms with E-state index >= 15 is 0 Å². The predicted octanol–water partition coefficient (Wildman–Crippen LogP) is 2.16. The van der Waals surface area contributed by atoms with E-state index in [1.54, 1.807) is 14.2 Å². The lowest BCUT2D eigenvalue weighted by atomic mass is 10.0. The summed E-state index contributed by atoms with van der Waals surface area (Å²) in [5.41, 5.74) is 2.17. The molecule has 2 rings (SSSR count). The number of ether oxygens (including phenoxy) is 2. The van der Waals surface area contributed by atoms with Crippen molar-refractivity contribution in [2.45, 2.75) is 18.6 Å². The highest BCUT2D eigenvalue weighted by Crippen LogP contribution is 2.24. The molecule has 4 nitrogen and oxygen atoms in total. The molecule has 1 aromatic carbocycles. The first-order chi connectivity index (χ1) is 10.3. The van der Waals surface area contributed by atoms with Gasteiger partial charge in [0.15, 0.2) is 0 Å². The van der Waals surface area contributed by atoms with Gasteiger partial charge in [0.25, 0.3) is 0 Å². The summed E-state index contributed by atoms with van der Waals surface area (Å²) in [4.78, 5) is 2.32. The molecule has 2 atom stereocenters. The lowest BCUT2D eigenvalue weighted by molar-refractivity contribution is 0.0615. The van der Waals surface area contributed by atoms with Crippen LogP contribution in [0.15, 0.2) is 24.3 Å². The number of hydrogen-bond acceptors (Lipinski definition) is 4. The summed E-state index contributed by atoms with van der Waals surface area (Å²) >= 11 is 0. The second-order valence-corrected chi connectivity index (χ2v) is 5.25. The Bertz CT molecular complexity index is 401. The first kappa shape index (κ1) is 16.2. The molecule has 1 fully saturated rings. The van der Waals surface area contributed by atoms with Gasteiger partial charge in [0.05, 0.1) is 18.8 Å². The molecule has 0 amide bonds. The highest BCUT2D eigenvalue weighted by Gasteiger charge is 2.21. The molecule has 1 aliphatic heterocycles. The molecule has 0 bridgehead atoms. The van der Waals surface area contributed by atoms with E-state index in [0.717, 1.165) is 38.3 Å². The number of methoxy groups -OCH3 is 1. The minimum atomic E-state index is -0.458. The van der Waals surface area contributed by atoms with Crippen LogP contribution in [0, 0.1) is 0 Å². The van der Waals surface area contributed by atoms with Crippen molar-refractivity contribution >= 4 is 5.69 Å². The molecule has 0 aliphatic carbocycles. The zero-order valence-electron chi connectivity index (χ0n) is 12.8. The zero-order valence-corrected chi connectivity index (χ0v) is 12.8. The maximum absolute atomic E-state index is 13.0. The molecule has 1 N–H and O–H groups in total. The van der Waals surface area contributed by atoms with E-state index in [9.17, 15) is 4.39 Å². The Kier molecular flexibility index (Phi) is 6.42. The van der Waals surface area contributed by atoms with Crippen molar-refractivity contribution in [2.75, 3.05) is 52.0 Å². The van der Waals surface area contributed by atoms with E-state index in [1.165, 1.54) is 5.69 Å². The van der Waals surface area contributed by atoms with Crippen molar-refractivity contribution in [3.05, 3.63) is 29.8 Å². The van der Waals surface area contributed by atoms with E-state index in [-0.39, 0.29) is 12.1 Å². The van der Waals surface area contributed by atoms with Crippen LogP contribution in [0.3, 0.4) is 0 Å². The van der Waals surface area contributed by atoms with E-state index in [1.807, 2.05) is 12.1 Å². The number of hydrogen-bond donors (Lipinski definition) is 1. The number of likely N-dealkylation sites (N-methyl/N-ethyl adjacent to an activating group) is 1. The van der Waals surface area contributed by atoms with Crippen LogP contribution in [0.2, 0.25) is 0 Å². The second-order valence-electron chi connectivity index (χ2n) is 5.25. The number of nitrogens with one attached hydrogen (secondary N) is 1. The Morgan fingerprint density at radius 1 is 1.29 bits per heavy atom. The third kappa shape index (κ3) is 4.15. The smallest absolute Gasteiger partial charge is 0.108 e. The molecule has 118 valence electrons. The summed E-state index contributed by atoms with van der Waals surface area (Å²) in [5.74, 6) is 0. The fraction of sp³-hybridized carbons (Fsp3) is 0.625. The van der Waals surface area contributed by atoms with Crippen molar-refractivity contribution in [1.82, 2.24) is 5.32 Å². The Morgan fingerprint density at radius 3 is 2.67 bits per heavy atom. The van der Waals surface area contributed by atoms with Gasteiger partial charge in [-0.25, -0.2) is 4.39 Å². The largest absolute Gasteiger partial charge is 0.380 e. The minimum absolute atomic E-state index is 0.276. The maximum atomic E-state index is 13.0. The molecule has 1 aromatic rings. The average molecular weight is 296 g/mol. The molecule has 0 saturated carbocycles. The van der Waals surface area contributed by atoms with Crippen LogP contribution in [0.5, 0.6) is 0 Å². The topological polar surface area (TPSA) is 33.7 Å². The summed E-state index contributed by atoms with van der Waals surface area (Å²) in [6.45, 7) is 3.07. The third-order valence-corrected chi connectivity index (χ3v) is 3.97. The fourth-order valence-electron chi connectivity index (χ4n) is 2.72. The van der Waals surface area contributed by atoms with Crippen molar-refractivity contribution in [3.8, 4) is 0 Å². The quantitative estimate of drug-likeness (QED) is 0.872. The molecule has 0 radical (unpaired) electrons. The normalized spacial score (nSPS) is 19.1. The lowest BCUT2D eigenvalue weighted by Gasteiger charge is -2.25. The summed E-state index contributed by atoms with van der Waals surface area (Å²) in [7, 11) is 3.37. The SMILES string of the molecule is CNC(CF)C(OC)c1ccc(N2CCCOCC2)cc1. The van der Waals surface area contributed by atoms with Crippen molar-refractivity contribution < 1.29 is 13.9 Å². The molecule has 1 saturated heterocycles. The molecule has 21 heavy (non-hydrogen) atoms. The van der Waals surface area contributed by atoms with E-state index in [2.05, 4.69) is 22.3 Å². The monoisotopic (exact) mass is 296 g/mol. The van der Waals surface area contributed by atoms with E-state index < -0.39 is 6.67 Å². The van der Waals surface area contributed by atoms with Crippen molar-refractivity contribution in [2.24, 2.45) is 0 Å². The highest BCUT2D eigenvalue weighted by atomic mass is 19.1. The van der Waals surface area contributed by atoms with E-state index in [0.29, 0.717) is 0 Å². The van der Waals surface area contributed by atoms with Gasteiger partial charge in [-0.3, -0.25) is 0 Å². The van der Waals surface area contributed by atoms with Gasteiger partial charge in [-0.15, -0.1) is 0 Å². The Balaban J connectivity index is 2.09. The number of nitrogens with zero attached hydrogens (tertiary/aromatic N) is 1. The van der Waals surface area contributed by atoms with Gasteiger partial charge < -0.3 is 19.7 Å². The average Bonchev–Trinajstić information content (AvgIpc) is 2.82. The van der Waals surface area contributed by atoms with Crippen molar-refractivity contribution in [1.29, 1.82) is 0 Å². The molecule has 0 spiro atoms. The molecule has 1 heterocycles. The predicted molar refractivity (Wildman–Crippen MR) is 82.7 cm³/mol. The summed E-state index contributed by atoms with van der Waals surface area (Å²) in [6, 6.07) is 7.88. The number of rotatable bonds is 6. The first-order valence-electron chi connectivity index (χ1n) is 7.48. The van der Waals surface area contributed by atoms with Gasteiger partial charge in [0.2, 0.25) is 0 Å². The minimum Gasteiger partial charge on any atom is -0.380 e. The second kappa shape index (κ2) is 8.32. The first-order valence-corrected chi connectivity index (χ1v) is 7.48. The van der Waals surface area contributed by atoms with Gasteiger partial charge in [-0.2, -0.15) is 0 Å². The zero-order chi connectivity index (χ0) is 15.1. The number of benzene rings is 1. The number of alkyl halides is 1. The molecular formula is C16H25FN2O2. The van der Waals surface area contributed by atoms with E-state index in [4.69, 9.17) is 9.47 Å². The van der Waals surface area contributed by atoms with Crippen LogP contribution in [0.1, 0.15) is 18.1 Å². The molecule has 2 unspecified atom stereocenters. The molecular weight excluding hydrogens is 271 g/mol.